The third kappa shape index (κ3) is 4.54. The number of nitrogens with two attached hydrogens (primary N) is 1. The van der Waals surface area contributed by atoms with Gasteiger partial charge in [-0.2, -0.15) is 0 Å². The minimum Gasteiger partial charge on any atom is -0.465 e. The molecule has 10 heteroatoms. The molecule has 0 bridgehead atoms. The van der Waals surface area contributed by atoms with Crippen LogP contribution in [-0.4, -0.2) is 34.9 Å². The molecule has 2 heterocycles. The fourth-order valence-electron chi connectivity index (χ4n) is 2.85. The second kappa shape index (κ2) is 8.83. The minimum atomic E-state index is -0.376. The molecule has 3 rings (SSSR count). The molecular formula is C16H20N4O3S3. The number of hydrogen-bond donors (Lipinski definition) is 2. The van der Waals surface area contributed by atoms with E-state index >= 15 is 0 Å². The maximum Gasteiger partial charge on any atom is 0.341 e. The molecule has 7 nitrogen and oxygen atoms in total. The number of thioether (sulfide) groups is 1. The van der Waals surface area contributed by atoms with Gasteiger partial charge in [-0.05, 0) is 31.2 Å². The summed E-state index contributed by atoms with van der Waals surface area (Å²) in [6, 6.07) is 0. The zero-order valence-electron chi connectivity index (χ0n) is 14.4. The second-order valence-corrected chi connectivity index (χ2v) is 9.27. The maximum atomic E-state index is 12.3. The largest absolute Gasteiger partial charge is 0.465 e. The maximum absolute atomic E-state index is 12.3. The van der Waals surface area contributed by atoms with Crippen molar-refractivity contribution in [1.82, 2.24) is 10.2 Å². The number of ether oxygens (including phenoxy) is 1. The third-order valence-electron chi connectivity index (χ3n) is 4.04. The Labute approximate surface area is 163 Å². The summed E-state index contributed by atoms with van der Waals surface area (Å²) in [7, 11) is 1.37. The van der Waals surface area contributed by atoms with Gasteiger partial charge in [0.1, 0.15) is 5.00 Å². The van der Waals surface area contributed by atoms with Crippen LogP contribution < -0.4 is 11.1 Å². The minimum absolute atomic E-state index is 0.128. The van der Waals surface area contributed by atoms with Crippen LogP contribution >= 0.6 is 34.4 Å². The fourth-order valence-corrected chi connectivity index (χ4v) is 5.79. The zero-order chi connectivity index (χ0) is 18.5. The van der Waals surface area contributed by atoms with Crippen LogP contribution in [0.4, 0.5) is 10.1 Å². The number of carbonyl (C=O) groups excluding carboxylic acids is 2. The smallest absolute Gasteiger partial charge is 0.341 e. The van der Waals surface area contributed by atoms with Gasteiger partial charge < -0.3 is 15.8 Å². The number of fused-ring (bicyclic) bond motifs is 1. The summed E-state index contributed by atoms with van der Waals surface area (Å²) in [6.07, 6.45) is 5.46. The lowest BCUT2D eigenvalue weighted by Crippen LogP contribution is -2.15. The Morgan fingerprint density at radius 2 is 2.04 bits per heavy atom. The lowest BCUT2D eigenvalue weighted by atomic mass is 10.1. The number of rotatable bonds is 6. The summed E-state index contributed by atoms with van der Waals surface area (Å²) < 4.78 is 5.70. The highest BCUT2D eigenvalue weighted by Crippen LogP contribution is 2.38. The van der Waals surface area contributed by atoms with E-state index in [2.05, 4.69) is 15.5 Å². The van der Waals surface area contributed by atoms with Gasteiger partial charge in [0.2, 0.25) is 11.0 Å². The highest BCUT2D eigenvalue weighted by molar-refractivity contribution is 8.01. The number of hydrogen-bond acceptors (Lipinski definition) is 9. The molecule has 1 aliphatic carbocycles. The molecule has 1 amide bonds. The molecule has 0 saturated carbocycles. The summed E-state index contributed by atoms with van der Waals surface area (Å²) in [5, 5.41) is 11.6. The van der Waals surface area contributed by atoms with Gasteiger partial charge >= 0.3 is 5.97 Å². The second-order valence-electron chi connectivity index (χ2n) is 5.81. The van der Waals surface area contributed by atoms with E-state index in [9.17, 15) is 9.59 Å². The van der Waals surface area contributed by atoms with Gasteiger partial charge in [-0.15, -0.1) is 21.5 Å². The summed E-state index contributed by atoms with van der Waals surface area (Å²) in [4.78, 5) is 25.8. The summed E-state index contributed by atoms with van der Waals surface area (Å²) in [6.45, 7) is 0. The Morgan fingerprint density at radius 3 is 2.77 bits per heavy atom. The predicted molar refractivity (Wildman–Crippen MR) is 105 cm³/mol. The van der Waals surface area contributed by atoms with Gasteiger partial charge in [-0.1, -0.05) is 29.5 Å². The number of nitrogens with one attached hydrogen (secondary N) is 1. The monoisotopic (exact) mass is 412 g/mol. The van der Waals surface area contributed by atoms with Crippen molar-refractivity contribution in [2.75, 3.05) is 23.9 Å². The molecule has 0 unspecified atom stereocenters. The number of carbonyl (C=O) groups is 2. The molecule has 26 heavy (non-hydrogen) atoms. The first-order valence-corrected chi connectivity index (χ1v) is 10.9. The van der Waals surface area contributed by atoms with Crippen molar-refractivity contribution in [3.8, 4) is 0 Å². The molecule has 2 aromatic rings. The average molecular weight is 413 g/mol. The number of esters is 1. The Kier molecular flexibility index (Phi) is 6.49. The van der Waals surface area contributed by atoms with Crippen LogP contribution in [0.15, 0.2) is 4.34 Å². The first-order chi connectivity index (χ1) is 12.6. The number of thiophene rings is 1. The van der Waals surface area contributed by atoms with Crippen LogP contribution in [0, 0.1) is 0 Å². The van der Waals surface area contributed by atoms with Gasteiger partial charge in [0.15, 0.2) is 4.34 Å². The Balaban J connectivity index is 1.66. The van der Waals surface area contributed by atoms with Gasteiger partial charge in [-0.3, -0.25) is 4.79 Å². The van der Waals surface area contributed by atoms with E-state index < -0.39 is 0 Å². The summed E-state index contributed by atoms with van der Waals surface area (Å²) >= 11 is 4.25. The molecule has 3 N–H and O–H groups in total. The SMILES string of the molecule is COC(=O)c1c(NC(=O)CCSc2nnc(N)s2)sc2c1CCCCC2. The van der Waals surface area contributed by atoms with Crippen molar-refractivity contribution in [1.29, 1.82) is 0 Å². The molecule has 140 valence electrons. The van der Waals surface area contributed by atoms with Crippen LogP contribution in [0.2, 0.25) is 0 Å². The Hall–Kier alpha value is -1.65. The van der Waals surface area contributed by atoms with Crippen molar-refractivity contribution >= 4 is 56.4 Å². The molecule has 0 aliphatic heterocycles. The predicted octanol–water partition coefficient (Wildman–Crippen LogP) is 3.36. The van der Waals surface area contributed by atoms with E-state index in [1.807, 2.05) is 0 Å². The van der Waals surface area contributed by atoms with Crippen LogP contribution in [-0.2, 0) is 22.4 Å². The normalized spacial score (nSPS) is 13.7. The summed E-state index contributed by atoms with van der Waals surface area (Å²) in [5.74, 6) is 0.0639. The van der Waals surface area contributed by atoms with Crippen LogP contribution in [0.1, 0.15) is 46.5 Å². The highest BCUT2D eigenvalue weighted by Gasteiger charge is 2.26. The van der Waals surface area contributed by atoms with E-state index in [0.717, 1.165) is 42.0 Å². The van der Waals surface area contributed by atoms with E-state index in [1.54, 1.807) is 0 Å². The van der Waals surface area contributed by atoms with Crippen molar-refractivity contribution < 1.29 is 14.3 Å². The molecular weight excluding hydrogens is 392 g/mol. The number of nitrogens with zero attached hydrogens (tertiary/aromatic N) is 2. The van der Waals surface area contributed by atoms with E-state index in [-0.39, 0.29) is 11.9 Å². The van der Waals surface area contributed by atoms with Crippen LogP contribution in [0.3, 0.4) is 0 Å². The molecule has 0 fully saturated rings. The van der Waals surface area contributed by atoms with Crippen molar-refractivity contribution in [3.05, 3.63) is 16.0 Å². The molecule has 0 atom stereocenters. The van der Waals surface area contributed by atoms with E-state index in [0.29, 0.717) is 27.9 Å². The quantitative estimate of drug-likeness (QED) is 0.425. The van der Waals surface area contributed by atoms with Gasteiger partial charge in [-0.25, -0.2) is 4.79 Å². The van der Waals surface area contributed by atoms with Gasteiger partial charge in [0, 0.05) is 17.1 Å². The molecule has 0 radical (unpaired) electrons. The van der Waals surface area contributed by atoms with E-state index in [4.69, 9.17) is 10.5 Å². The number of nitrogen functional groups attached to an aromatic ring is 1. The third-order valence-corrected chi connectivity index (χ3v) is 7.14. The van der Waals surface area contributed by atoms with Crippen LogP contribution in [0.25, 0.3) is 0 Å². The number of aromatic nitrogens is 2. The van der Waals surface area contributed by atoms with E-state index in [1.165, 1.54) is 46.4 Å². The summed E-state index contributed by atoms with van der Waals surface area (Å²) in [5.41, 5.74) is 7.12. The molecule has 0 spiro atoms. The molecule has 0 aromatic carbocycles. The van der Waals surface area contributed by atoms with Gasteiger partial charge in [0.05, 0.1) is 12.7 Å². The van der Waals surface area contributed by atoms with Crippen molar-refractivity contribution in [2.45, 2.75) is 42.9 Å². The molecule has 1 aliphatic rings. The number of amides is 1. The highest BCUT2D eigenvalue weighted by atomic mass is 32.2. The first-order valence-electron chi connectivity index (χ1n) is 8.33. The van der Waals surface area contributed by atoms with Crippen LogP contribution in [0.5, 0.6) is 0 Å². The number of methoxy groups -OCH3 is 1. The molecule has 0 saturated heterocycles. The Morgan fingerprint density at radius 1 is 1.23 bits per heavy atom. The number of anilines is 2. The standard InChI is InChI=1S/C16H20N4O3S3/c1-23-14(22)12-9-5-3-2-4-6-10(9)25-13(12)18-11(21)7-8-24-16-20-19-15(17)26-16/h2-8H2,1H3,(H2,17,19)(H,18,21). The average Bonchev–Trinajstić information content (AvgIpc) is 3.09. The number of aryl methyl sites for hydroxylation is 1. The van der Waals surface area contributed by atoms with Gasteiger partial charge in [0.25, 0.3) is 0 Å². The zero-order valence-corrected chi connectivity index (χ0v) is 16.8. The Bertz CT molecular complexity index is 803. The lowest BCUT2D eigenvalue weighted by Gasteiger charge is -2.07. The fraction of sp³-hybridized carbons (Fsp3) is 0.500. The van der Waals surface area contributed by atoms with Crippen molar-refractivity contribution in [2.24, 2.45) is 0 Å². The molecule has 2 aromatic heterocycles. The topological polar surface area (TPSA) is 107 Å². The first kappa shape index (κ1) is 19.1. The lowest BCUT2D eigenvalue weighted by molar-refractivity contribution is -0.115. The van der Waals surface area contributed by atoms with Crippen molar-refractivity contribution in [3.63, 3.8) is 0 Å².